The largest absolute Gasteiger partial charge is 0.299 e. The van der Waals surface area contributed by atoms with Crippen molar-refractivity contribution in [2.45, 2.75) is 47.5 Å². The van der Waals surface area contributed by atoms with Gasteiger partial charge in [-0.2, -0.15) is 0 Å². The molecule has 1 atom stereocenters. The molecule has 17 heavy (non-hydrogen) atoms. The molecule has 0 N–H and O–H groups in total. The Hall–Kier alpha value is -1.18. The number of aryl methyl sites for hydroxylation is 1. The minimum Gasteiger partial charge on any atom is -0.299 e. The van der Waals surface area contributed by atoms with Gasteiger partial charge in [0.25, 0.3) is 0 Å². The van der Waals surface area contributed by atoms with Crippen LogP contribution in [0.5, 0.6) is 0 Å². The standard InChI is InChI=1S/C15H23NO/c1-11-6-7-13(16-10-11)9-14(17)8-12(2)15(3,4)5/h6-7,10,12H,8-9H2,1-5H3. The molecule has 0 radical (unpaired) electrons. The Morgan fingerprint density at radius 1 is 1.35 bits per heavy atom. The van der Waals surface area contributed by atoms with Crippen molar-refractivity contribution in [3.8, 4) is 0 Å². The van der Waals surface area contributed by atoms with Gasteiger partial charge >= 0.3 is 0 Å². The zero-order chi connectivity index (χ0) is 13.1. The van der Waals surface area contributed by atoms with Gasteiger partial charge < -0.3 is 0 Å². The zero-order valence-electron chi connectivity index (χ0n) is 11.6. The highest BCUT2D eigenvalue weighted by Gasteiger charge is 2.22. The van der Waals surface area contributed by atoms with E-state index in [4.69, 9.17) is 0 Å². The van der Waals surface area contributed by atoms with E-state index in [-0.39, 0.29) is 11.2 Å². The number of aromatic nitrogens is 1. The molecule has 1 unspecified atom stereocenters. The second kappa shape index (κ2) is 5.44. The lowest BCUT2D eigenvalue weighted by atomic mass is 9.79. The molecule has 2 nitrogen and oxygen atoms in total. The van der Waals surface area contributed by atoms with E-state index >= 15 is 0 Å². The maximum atomic E-state index is 11.9. The third kappa shape index (κ3) is 4.68. The van der Waals surface area contributed by atoms with Gasteiger partial charge in [-0.3, -0.25) is 9.78 Å². The van der Waals surface area contributed by atoms with Crippen LogP contribution in [0.2, 0.25) is 0 Å². The van der Waals surface area contributed by atoms with Gasteiger partial charge in [0.05, 0.1) is 0 Å². The minimum absolute atomic E-state index is 0.191. The molecular weight excluding hydrogens is 210 g/mol. The van der Waals surface area contributed by atoms with E-state index in [1.54, 1.807) is 0 Å². The number of ketones is 1. The van der Waals surface area contributed by atoms with Gasteiger partial charge in [0, 0.05) is 24.7 Å². The molecule has 1 rings (SSSR count). The van der Waals surface area contributed by atoms with Crippen LogP contribution in [0.1, 0.15) is 45.4 Å². The average molecular weight is 233 g/mol. The topological polar surface area (TPSA) is 30.0 Å². The zero-order valence-corrected chi connectivity index (χ0v) is 11.6. The van der Waals surface area contributed by atoms with Gasteiger partial charge in [0.15, 0.2) is 0 Å². The van der Waals surface area contributed by atoms with Gasteiger partial charge in [0.2, 0.25) is 0 Å². The Balaban J connectivity index is 2.53. The summed E-state index contributed by atoms with van der Waals surface area (Å²) in [7, 11) is 0. The number of carbonyl (C=O) groups is 1. The maximum Gasteiger partial charge on any atom is 0.139 e. The van der Waals surface area contributed by atoms with Crippen LogP contribution in [0.4, 0.5) is 0 Å². The molecule has 2 heteroatoms. The highest BCUT2D eigenvalue weighted by atomic mass is 16.1. The third-order valence-electron chi connectivity index (χ3n) is 3.36. The van der Waals surface area contributed by atoms with Crippen LogP contribution in [0.3, 0.4) is 0 Å². The van der Waals surface area contributed by atoms with Crippen LogP contribution in [0.25, 0.3) is 0 Å². The monoisotopic (exact) mass is 233 g/mol. The second-order valence-electron chi connectivity index (χ2n) is 6.01. The summed E-state index contributed by atoms with van der Waals surface area (Å²) in [5.41, 5.74) is 2.20. The molecule has 0 aromatic carbocycles. The van der Waals surface area contributed by atoms with Crippen molar-refractivity contribution in [1.82, 2.24) is 4.98 Å². The molecule has 0 saturated heterocycles. The molecule has 0 aliphatic heterocycles. The molecule has 0 saturated carbocycles. The fraction of sp³-hybridized carbons (Fsp3) is 0.600. The van der Waals surface area contributed by atoms with Crippen LogP contribution < -0.4 is 0 Å². The quantitative estimate of drug-likeness (QED) is 0.795. The minimum atomic E-state index is 0.191. The lowest BCUT2D eigenvalue weighted by Gasteiger charge is -2.26. The summed E-state index contributed by atoms with van der Waals surface area (Å²) in [5, 5.41) is 0. The highest BCUT2D eigenvalue weighted by Crippen LogP contribution is 2.28. The number of carbonyl (C=O) groups excluding carboxylic acids is 1. The van der Waals surface area contributed by atoms with E-state index in [1.807, 2.05) is 25.3 Å². The predicted octanol–water partition coefficient (Wildman–Crippen LogP) is 3.57. The summed E-state index contributed by atoms with van der Waals surface area (Å²) in [4.78, 5) is 16.2. The Morgan fingerprint density at radius 2 is 2.00 bits per heavy atom. The van der Waals surface area contributed by atoms with Crippen molar-refractivity contribution in [2.24, 2.45) is 11.3 Å². The Bertz CT molecular complexity index is 373. The first-order valence-electron chi connectivity index (χ1n) is 6.22. The van der Waals surface area contributed by atoms with Crippen LogP contribution >= 0.6 is 0 Å². The van der Waals surface area contributed by atoms with Crippen molar-refractivity contribution in [3.05, 3.63) is 29.6 Å². The Morgan fingerprint density at radius 3 is 2.47 bits per heavy atom. The molecule has 0 bridgehead atoms. The van der Waals surface area contributed by atoms with Gasteiger partial charge in [-0.15, -0.1) is 0 Å². The molecule has 0 spiro atoms. The third-order valence-corrected chi connectivity index (χ3v) is 3.36. The Kier molecular flexibility index (Phi) is 4.44. The van der Waals surface area contributed by atoms with Crippen LogP contribution in [0, 0.1) is 18.3 Å². The summed E-state index contributed by atoms with van der Waals surface area (Å²) in [6.45, 7) is 10.7. The smallest absolute Gasteiger partial charge is 0.139 e. The van der Waals surface area contributed by atoms with Crippen LogP contribution in [0.15, 0.2) is 18.3 Å². The number of pyridine rings is 1. The highest BCUT2D eigenvalue weighted by molar-refractivity contribution is 5.80. The molecule has 0 fully saturated rings. The summed E-state index contributed by atoms with van der Waals surface area (Å²) >= 11 is 0. The van der Waals surface area contributed by atoms with E-state index in [2.05, 4.69) is 32.7 Å². The van der Waals surface area contributed by atoms with E-state index in [9.17, 15) is 4.79 Å². The van der Waals surface area contributed by atoms with Gasteiger partial charge in [0.1, 0.15) is 5.78 Å². The van der Waals surface area contributed by atoms with Crippen LogP contribution in [-0.4, -0.2) is 10.8 Å². The lowest BCUT2D eigenvalue weighted by molar-refractivity contribution is -0.120. The average Bonchev–Trinajstić information content (AvgIpc) is 2.20. The van der Waals surface area contributed by atoms with E-state index in [0.29, 0.717) is 18.8 Å². The molecule has 0 aliphatic rings. The number of rotatable bonds is 4. The van der Waals surface area contributed by atoms with E-state index in [0.717, 1.165) is 11.3 Å². The lowest BCUT2D eigenvalue weighted by Crippen LogP contribution is -2.21. The predicted molar refractivity (Wildman–Crippen MR) is 70.9 cm³/mol. The first-order chi connectivity index (χ1) is 7.79. The van der Waals surface area contributed by atoms with Crippen molar-refractivity contribution in [3.63, 3.8) is 0 Å². The first-order valence-corrected chi connectivity index (χ1v) is 6.22. The molecule has 94 valence electrons. The van der Waals surface area contributed by atoms with Crippen molar-refractivity contribution in [2.75, 3.05) is 0 Å². The van der Waals surface area contributed by atoms with E-state index in [1.165, 1.54) is 0 Å². The first kappa shape index (κ1) is 13.9. The molecule has 1 aromatic rings. The fourth-order valence-electron chi connectivity index (χ4n) is 1.52. The van der Waals surface area contributed by atoms with Crippen molar-refractivity contribution >= 4 is 5.78 Å². The van der Waals surface area contributed by atoms with Crippen molar-refractivity contribution < 1.29 is 4.79 Å². The number of nitrogens with zero attached hydrogens (tertiary/aromatic N) is 1. The number of hydrogen-bond donors (Lipinski definition) is 0. The normalized spacial score (nSPS) is 13.5. The molecule has 0 aliphatic carbocycles. The van der Waals surface area contributed by atoms with Gasteiger partial charge in [-0.1, -0.05) is 33.8 Å². The van der Waals surface area contributed by atoms with Crippen molar-refractivity contribution in [1.29, 1.82) is 0 Å². The molecule has 1 heterocycles. The Labute approximate surface area is 104 Å². The molecule has 0 amide bonds. The number of Topliss-reactive ketones (excluding diaryl/α,β-unsaturated/α-hetero) is 1. The second-order valence-corrected chi connectivity index (χ2v) is 6.01. The summed E-state index contributed by atoms with van der Waals surface area (Å²) < 4.78 is 0. The van der Waals surface area contributed by atoms with Gasteiger partial charge in [-0.25, -0.2) is 0 Å². The molecular formula is C15H23NO. The fourth-order valence-corrected chi connectivity index (χ4v) is 1.52. The summed E-state index contributed by atoms with van der Waals surface area (Å²) in [5.74, 6) is 0.684. The summed E-state index contributed by atoms with van der Waals surface area (Å²) in [6, 6.07) is 3.94. The van der Waals surface area contributed by atoms with Gasteiger partial charge in [-0.05, 0) is 29.9 Å². The van der Waals surface area contributed by atoms with Crippen LogP contribution in [-0.2, 0) is 11.2 Å². The summed E-state index contributed by atoms with van der Waals surface area (Å²) in [6.07, 6.45) is 2.91. The van der Waals surface area contributed by atoms with E-state index < -0.39 is 0 Å². The molecule has 1 aromatic heterocycles. The SMILES string of the molecule is Cc1ccc(CC(=O)CC(C)C(C)(C)C)nc1. The maximum absolute atomic E-state index is 11.9. The number of hydrogen-bond acceptors (Lipinski definition) is 2.